The number of hydrogen-bond acceptors (Lipinski definition) is 4. The first-order chi connectivity index (χ1) is 9.20. The SMILES string of the molecule is C=C(C(=O)OCC)c1n[nH]c(Cc2ccccc2)n1. The van der Waals surface area contributed by atoms with Crippen molar-refractivity contribution in [2.75, 3.05) is 6.61 Å². The summed E-state index contributed by atoms with van der Waals surface area (Å²) in [7, 11) is 0. The van der Waals surface area contributed by atoms with Gasteiger partial charge in [-0.2, -0.15) is 5.10 Å². The van der Waals surface area contributed by atoms with Gasteiger partial charge in [-0.05, 0) is 12.5 Å². The number of benzene rings is 1. The summed E-state index contributed by atoms with van der Waals surface area (Å²) in [5, 5.41) is 6.78. The number of carbonyl (C=O) groups excluding carboxylic acids is 1. The number of carbonyl (C=O) groups is 1. The molecule has 0 aliphatic rings. The summed E-state index contributed by atoms with van der Waals surface area (Å²) in [6.45, 7) is 5.69. The molecule has 0 radical (unpaired) electrons. The van der Waals surface area contributed by atoms with E-state index in [2.05, 4.69) is 21.8 Å². The van der Waals surface area contributed by atoms with Gasteiger partial charge in [0.15, 0.2) is 5.82 Å². The lowest BCUT2D eigenvalue weighted by Gasteiger charge is -2.00. The zero-order valence-electron chi connectivity index (χ0n) is 10.7. The van der Waals surface area contributed by atoms with Crippen LogP contribution in [0.1, 0.15) is 24.1 Å². The Kier molecular flexibility index (Phi) is 4.07. The summed E-state index contributed by atoms with van der Waals surface area (Å²) in [5.41, 5.74) is 1.28. The molecular formula is C14H15N3O2. The third kappa shape index (κ3) is 3.28. The van der Waals surface area contributed by atoms with E-state index in [0.29, 0.717) is 18.9 Å². The molecule has 1 heterocycles. The summed E-state index contributed by atoms with van der Waals surface area (Å²) in [4.78, 5) is 15.7. The maximum absolute atomic E-state index is 11.5. The second kappa shape index (κ2) is 5.95. The van der Waals surface area contributed by atoms with E-state index in [1.54, 1.807) is 6.92 Å². The summed E-state index contributed by atoms with van der Waals surface area (Å²) >= 11 is 0. The molecule has 98 valence electrons. The Balaban J connectivity index is 2.07. The zero-order chi connectivity index (χ0) is 13.7. The number of aromatic nitrogens is 3. The minimum atomic E-state index is -0.493. The molecule has 0 amide bonds. The largest absolute Gasteiger partial charge is 0.462 e. The van der Waals surface area contributed by atoms with Crippen molar-refractivity contribution in [2.45, 2.75) is 13.3 Å². The first-order valence-corrected chi connectivity index (χ1v) is 6.02. The second-order valence-electron chi connectivity index (χ2n) is 3.97. The summed E-state index contributed by atoms with van der Waals surface area (Å²) < 4.78 is 4.85. The van der Waals surface area contributed by atoms with Crippen molar-refractivity contribution in [2.24, 2.45) is 0 Å². The highest BCUT2D eigenvalue weighted by Crippen LogP contribution is 2.11. The molecule has 0 saturated carbocycles. The van der Waals surface area contributed by atoms with Crippen LogP contribution in [-0.4, -0.2) is 27.8 Å². The molecule has 19 heavy (non-hydrogen) atoms. The van der Waals surface area contributed by atoms with Crippen LogP contribution in [-0.2, 0) is 16.0 Å². The van der Waals surface area contributed by atoms with E-state index in [4.69, 9.17) is 4.74 Å². The number of ether oxygens (including phenoxy) is 1. The Labute approximate surface area is 111 Å². The molecule has 1 N–H and O–H groups in total. The van der Waals surface area contributed by atoms with Gasteiger partial charge in [0.2, 0.25) is 0 Å². The van der Waals surface area contributed by atoms with Crippen molar-refractivity contribution in [3.05, 3.63) is 54.1 Å². The first kappa shape index (κ1) is 13.0. The predicted octanol–water partition coefficient (Wildman–Crippen LogP) is 1.97. The molecule has 0 fully saturated rings. The van der Waals surface area contributed by atoms with E-state index in [0.717, 1.165) is 5.56 Å². The molecule has 5 nitrogen and oxygen atoms in total. The Morgan fingerprint density at radius 1 is 1.37 bits per heavy atom. The quantitative estimate of drug-likeness (QED) is 0.657. The lowest BCUT2D eigenvalue weighted by molar-refractivity contribution is -0.136. The molecule has 2 aromatic rings. The summed E-state index contributed by atoms with van der Waals surface area (Å²) in [6, 6.07) is 9.89. The van der Waals surface area contributed by atoms with Crippen LogP contribution in [0.2, 0.25) is 0 Å². The fraction of sp³-hybridized carbons (Fsp3) is 0.214. The van der Waals surface area contributed by atoms with Crippen LogP contribution >= 0.6 is 0 Å². The van der Waals surface area contributed by atoms with Gasteiger partial charge in [0.1, 0.15) is 5.82 Å². The van der Waals surface area contributed by atoms with Crippen LogP contribution in [0.15, 0.2) is 36.9 Å². The van der Waals surface area contributed by atoms with Crippen LogP contribution < -0.4 is 0 Å². The van der Waals surface area contributed by atoms with Gasteiger partial charge in [-0.15, -0.1) is 0 Å². The van der Waals surface area contributed by atoms with E-state index < -0.39 is 5.97 Å². The number of hydrogen-bond donors (Lipinski definition) is 1. The molecule has 1 aromatic heterocycles. The monoisotopic (exact) mass is 257 g/mol. The van der Waals surface area contributed by atoms with Crippen molar-refractivity contribution in [1.29, 1.82) is 0 Å². The van der Waals surface area contributed by atoms with Crippen molar-refractivity contribution in [3.8, 4) is 0 Å². The van der Waals surface area contributed by atoms with Gasteiger partial charge in [0, 0.05) is 6.42 Å². The molecule has 2 rings (SSSR count). The molecule has 0 spiro atoms. The topological polar surface area (TPSA) is 67.9 Å². The van der Waals surface area contributed by atoms with Gasteiger partial charge >= 0.3 is 5.97 Å². The smallest absolute Gasteiger partial charge is 0.341 e. The fourth-order valence-corrected chi connectivity index (χ4v) is 1.61. The van der Waals surface area contributed by atoms with Crippen LogP contribution in [0.25, 0.3) is 5.57 Å². The summed E-state index contributed by atoms with van der Waals surface area (Å²) in [6.07, 6.45) is 0.629. The number of esters is 1. The molecule has 5 heteroatoms. The molecule has 0 bridgehead atoms. The van der Waals surface area contributed by atoms with Crippen molar-refractivity contribution < 1.29 is 9.53 Å². The van der Waals surface area contributed by atoms with Crippen molar-refractivity contribution in [1.82, 2.24) is 15.2 Å². The highest BCUT2D eigenvalue weighted by molar-refractivity contribution is 6.14. The van der Waals surface area contributed by atoms with E-state index in [1.165, 1.54) is 0 Å². The molecular weight excluding hydrogens is 242 g/mol. The predicted molar refractivity (Wildman–Crippen MR) is 71.3 cm³/mol. The second-order valence-corrected chi connectivity index (χ2v) is 3.97. The lowest BCUT2D eigenvalue weighted by Crippen LogP contribution is -2.07. The molecule has 0 aliphatic heterocycles. The normalized spacial score (nSPS) is 10.2. The fourth-order valence-electron chi connectivity index (χ4n) is 1.61. The third-order valence-electron chi connectivity index (χ3n) is 2.54. The van der Waals surface area contributed by atoms with E-state index in [1.807, 2.05) is 30.3 Å². The van der Waals surface area contributed by atoms with Crippen molar-refractivity contribution >= 4 is 11.5 Å². The maximum atomic E-state index is 11.5. The number of nitrogens with one attached hydrogen (secondary N) is 1. The van der Waals surface area contributed by atoms with Gasteiger partial charge in [-0.1, -0.05) is 36.9 Å². The molecule has 0 unspecified atom stereocenters. The van der Waals surface area contributed by atoms with Crippen molar-refractivity contribution in [3.63, 3.8) is 0 Å². The Morgan fingerprint density at radius 3 is 2.79 bits per heavy atom. The highest BCUT2D eigenvalue weighted by Gasteiger charge is 2.15. The third-order valence-corrected chi connectivity index (χ3v) is 2.54. The number of H-pyrrole nitrogens is 1. The minimum Gasteiger partial charge on any atom is -0.462 e. The van der Waals surface area contributed by atoms with E-state index >= 15 is 0 Å². The minimum absolute atomic E-state index is 0.164. The Hall–Kier alpha value is -2.43. The Bertz CT molecular complexity index is 575. The zero-order valence-corrected chi connectivity index (χ0v) is 10.7. The molecule has 0 saturated heterocycles. The van der Waals surface area contributed by atoms with Crippen LogP contribution in [0.4, 0.5) is 0 Å². The average molecular weight is 257 g/mol. The summed E-state index contributed by atoms with van der Waals surface area (Å²) in [5.74, 6) is 0.476. The number of rotatable bonds is 5. The van der Waals surface area contributed by atoms with E-state index in [-0.39, 0.29) is 11.4 Å². The molecule has 1 aromatic carbocycles. The van der Waals surface area contributed by atoms with Gasteiger partial charge in [-0.25, -0.2) is 9.78 Å². The molecule has 0 aliphatic carbocycles. The van der Waals surface area contributed by atoms with Gasteiger partial charge in [0.25, 0.3) is 0 Å². The van der Waals surface area contributed by atoms with Crippen LogP contribution in [0, 0.1) is 0 Å². The Morgan fingerprint density at radius 2 is 2.11 bits per heavy atom. The number of aromatic amines is 1. The number of nitrogens with zero attached hydrogens (tertiary/aromatic N) is 2. The van der Waals surface area contributed by atoms with Gasteiger partial charge < -0.3 is 4.74 Å². The van der Waals surface area contributed by atoms with Crippen LogP contribution in [0.5, 0.6) is 0 Å². The van der Waals surface area contributed by atoms with Gasteiger partial charge in [-0.3, -0.25) is 5.10 Å². The van der Waals surface area contributed by atoms with Gasteiger partial charge in [0.05, 0.1) is 12.2 Å². The average Bonchev–Trinajstić information content (AvgIpc) is 2.88. The molecule has 0 atom stereocenters. The van der Waals surface area contributed by atoms with E-state index in [9.17, 15) is 4.79 Å². The first-order valence-electron chi connectivity index (χ1n) is 6.02. The maximum Gasteiger partial charge on any atom is 0.341 e. The lowest BCUT2D eigenvalue weighted by atomic mass is 10.1. The van der Waals surface area contributed by atoms with Crippen LogP contribution in [0.3, 0.4) is 0 Å². The highest BCUT2D eigenvalue weighted by atomic mass is 16.5. The standard InChI is InChI=1S/C14H15N3O2/c1-3-19-14(18)10(2)13-15-12(16-17-13)9-11-7-5-4-6-8-11/h4-8H,2-3,9H2,1H3,(H,15,16,17).